The van der Waals surface area contributed by atoms with Gasteiger partial charge in [0.2, 0.25) is 0 Å². The van der Waals surface area contributed by atoms with Gasteiger partial charge in [0.1, 0.15) is 5.01 Å². The Labute approximate surface area is 165 Å². The third-order valence-electron chi connectivity index (χ3n) is 3.91. The summed E-state index contributed by atoms with van der Waals surface area (Å²) in [4.78, 5) is 9.98. The van der Waals surface area contributed by atoms with Gasteiger partial charge in [0, 0.05) is 37.4 Å². The topological polar surface area (TPSA) is 67.1 Å². The molecule has 0 radical (unpaired) electrons. The van der Waals surface area contributed by atoms with E-state index in [0.29, 0.717) is 6.54 Å². The van der Waals surface area contributed by atoms with Crippen molar-refractivity contribution >= 4 is 41.3 Å². The highest BCUT2D eigenvalue weighted by Gasteiger charge is 2.09. The maximum atomic E-state index is 4.45. The molecule has 2 heterocycles. The predicted molar refractivity (Wildman–Crippen MR) is 111 cm³/mol. The average molecular weight is 462 g/mol. The number of aliphatic imine (C=N–C) groups is 1. The van der Waals surface area contributed by atoms with Gasteiger partial charge >= 0.3 is 0 Å². The highest BCUT2D eigenvalue weighted by Crippen LogP contribution is 2.13. The third kappa shape index (κ3) is 5.44. The van der Waals surface area contributed by atoms with Crippen LogP contribution in [0.5, 0.6) is 0 Å². The maximum absolute atomic E-state index is 4.45. The van der Waals surface area contributed by atoms with E-state index in [4.69, 9.17) is 0 Å². The summed E-state index contributed by atoms with van der Waals surface area (Å²) in [5.74, 6) is 0.803. The normalized spacial score (nSPS) is 11.3. The van der Waals surface area contributed by atoms with E-state index in [0.717, 1.165) is 36.0 Å². The number of aryl methyl sites for hydroxylation is 3. The Hall–Kier alpha value is -1.16. The fourth-order valence-corrected chi connectivity index (χ4v) is 3.26. The number of hydrogen-bond acceptors (Lipinski definition) is 4. The van der Waals surface area contributed by atoms with E-state index in [1.54, 1.807) is 18.4 Å². The molecule has 2 aromatic rings. The molecule has 6 nitrogen and oxygen atoms in total. The van der Waals surface area contributed by atoms with Crippen LogP contribution >= 0.6 is 35.3 Å². The SMILES string of the molecule is CCc1cnc(CNC(=NC)NCCc2c(C)nn(C)c2C)s1.I. The van der Waals surface area contributed by atoms with E-state index in [2.05, 4.69) is 46.5 Å². The molecule has 0 fully saturated rings. The molecule has 0 aliphatic carbocycles. The van der Waals surface area contributed by atoms with E-state index < -0.39 is 0 Å². The van der Waals surface area contributed by atoms with Crippen molar-refractivity contribution in [2.75, 3.05) is 13.6 Å². The molecular formula is C16H27IN6S. The zero-order chi connectivity index (χ0) is 16.8. The molecule has 2 rings (SSSR count). The molecule has 24 heavy (non-hydrogen) atoms. The van der Waals surface area contributed by atoms with Crippen molar-refractivity contribution in [2.24, 2.45) is 12.0 Å². The summed E-state index contributed by atoms with van der Waals surface area (Å²) in [6, 6.07) is 0. The second kappa shape index (κ2) is 9.97. The molecule has 0 amide bonds. The van der Waals surface area contributed by atoms with Gasteiger partial charge in [-0.2, -0.15) is 5.10 Å². The predicted octanol–water partition coefficient (Wildman–Crippen LogP) is 2.58. The minimum Gasteiger partial charge on any atom is -0.356 e. The molecule has 0 saturated carbocycles. The average Bonchev–Trinajstić information content (AvgIpc) is 3.10. The minimum absolute atomic E-state index is 0. The third-order valence-corrected chi connectivity index (χ3v) is 5.05. The Bertz CT molecular complexity index is 676. The minimum atomic E-state index is 0. The van der Waals surface area contributed by atoms with Crippen LogP contribution in [0.1, 0.15) is 33.8 Å². The van der Waals surface area contributed by atoms with Gasteiger partial charge in [0.25, 0.3) is 0 Å². The van der Waals surface area contributed by atoms with E-state index in [-0.39, 0.29) is 24.0 Å². The number of guanidine groups is 1. The number of thiazole rings is 1. The van der Waals surface area contributed by atoms with Crippen LogP contribution in [0.15, 0.2) is 11.2 Å². The highest BCUT2D eigenvalue weighted by molar-refractivity contribution is 14.0. The Morgan fingerprint density at radius 1 is 1.33 bits per heavy atom. The van der Waals surface area contributed by atoms with Gasteiger partial charge < -0.3 is 10.6 Å². The number of aromatic nitrogens is 3. The summed E-state index contributed by atoms with van der Waals surface area (Å²) in [6.07, 6.45) is 3.92. The van der Waals surface area contributed by atoms with Crippen molar-refractivity contribution in [2.45, 2.75) is 40.2 Å². The number of nitrogens with one attached hydrogen (secondary N) is 2. The van der Waals surface area contributed by atoms with Gasteiger partial charge in [-0.15, -0.1) is 35.3 Å². The molecule has 2 N–H and O–H groups in total. The number of rotatable bonds is 6. The Morgan fingerprint density at radius 2 is 2.08 bits per heavy atom. The molecule has 0 aliphatic rings. The molecule has 0 atom stereocenters. The lowest BCUT2D eigenvalue weighted by Gasteiger charge is -2.11. The largest absolute Gasteiger partial charge is 0.356 e. The first kappa shape index (κ1) is 20.9. The van der Waals surface area contributed by atoms with Crippen molar-refractivity contribution in [1.82, 2.24) is 25.4 Å². The standard InChI is InChI=1S/C16H26N6S.HI/c1-6-13-9-19-15(23-13)10-20-16(17-4)18-8-7-14-11(2)21-22(5)12(14)3;/h9H,6-8,10H2,1-5H3,(H2,17,18,20);1H. The highest BCUT2D eigenvalue weighted by atomic mass is 127. The molecule has 0 aliphatic heterocycles. The van der Waals surface area contributed by atoms with Crippen LogP contribution in [-0.2, 0) is 26.4 Å². The van der Waals surface area contributed by atoms with Crippen LogP contribution in [0.3, 0.4) is 0 Å². The number of hydrogen-bond donors (Lipinski definition) is 2. The van der Waals surface area contributed by atoms with Gasteiger partial charge in [-0.25, -0.2) is 4.98 Å². The quantitative estimate of drug-likeness (QED) is 0.394. The van der Waals surface area contributed by atoms with E-state index in [1.165, 1.54) is 16.1 Å². The summed E-state index contributed by atoms with van der Waals surface area (Å²) in [6.45, 7) is 7.84. The van der Waals surface area contributed by atoms with Crippen LogP contribution in [0.25, 0.3) is 0 Å². The molecule has 0 unspecified atom stereocenters. The van der Waals surface area contributed by atoms with E-state index in [9.17, 15) is 0 Å². The van der Waals surface area contributed by atoms with Crippen molar-refractivity contribution < 1.29 is 0 Å². The molecule has 0 bridgehead atoms. The fourth-order valence-electron chi connectivity index (χ4n) is 2.46. The first-order chi connectivity index (χ1) is 11.0. The molecule has 0 aromatic carbocycles. The molecule has 8 heteroatoms. The van der Waals surface area contributed by atoms with Gasteiger partial charge in [-0.1, -0.05) is 6.92 Å². The Morgan fingerprint density at radius 3 is 2.62 bits per heavy atom. The second-order valence-corrected chi connectivity index (χ2v) is 6.65. The number of nitrogens with zero attached hydrogens (tertiary/aromatic N) is 4. The maximum Gasteiger partial charge on any atom is 0.191 e. The zero-order valence-electron chi connectivity index (χ0n) is 15.0. The fraction of sp³-hybridized carbons (Fsp3) is 0.562. The summed E-state index contributed by atoms with van der Waals surface area (Å²) in [7, 11) is 3.77. The Kier molecular flexibility index (Phi) is 8.68. The van der Waals surface area contributed by atoms with Crippen LogP contribution in [0.4, 0.5) is 0 Å². The van der Waals surface area contributed by atoms with Gasteiger partial charge in [0.05, 0.1) is 12.2 Å². The molecule has 0 spiro atoms. The lowest BCUT2D eigenvalue weighted by molar-refractivity contribution is 0.728. The molecular weight excluding hydrogens is 435 g/mol. The van der Waals surface area contributed by atoms with E-state index >= 15 is 0 Å². The van der Waals surface area contributed by atoms with Crippen molar-refractivity contribution in [3.8, 4) is 0 Å². The van der Waals surface area contributed by atoms with Crippen LogP contribution in [-0.4, -0.2) is 34.3 Å². The first-order valence-corrected chi connectivity index (χ1v) is 8.74. The lowest BCUT2D eigenvalue weighted by atomic mass is 10.1. The van der Waals surface area contributed by atoms with Crippen LogP contribution < -0.4 is 10.6 Å². The molecule has 2 aromatic heterocycles. The van der Waals surface area contributed by atoms with Crippen molar-refractivity contribution in [1.29, 1.82) is 0 Å². The lowest BCUT2D eigenvalue weighted by Crippen LogP contribution is -2.37. The van der Waals surface area contributed by atoms with Crippen molar-refractivity contribution in [3.05, 3.63) is 33.0 Å². The van der Waals surface area contributed by atoms with Crippen molar-refractivity contribution in [3.63, 3.8) is 0 Å². The molecule has 0 saturated heterocycles. The van der Waals surface area contributed by atoms with Gasteiger partial charge in [-0.05, 0) is 32.3 Å². The number of halogens is 1. The summed E-state index contributed by atoms with van der Waals surface area (Å²) < 4.78 is 1.94. The monoisotopic (exact) mass is 462 g/mol. The summed E-state index contributed by atoms with van der Waals surface area (Å²) in [5.41, 5.74) is 3.63. The smallest absolute Gasteiger partial charge is 0.191 e. The van der Waals surface area contributed by atoms with Crippen LogP contribution in [0.2, 0.25) is 0 Å². The zero-order valence-corrected chi connectivity index (χ0v) is 18.2. The Balaban J connectivity index is 0.00000288. The summed E-state index contributed by atoms with van der Waals surface area (Å²) in [5, 5.41) is 12.2. The summed E-state index contributed by atoms with van der Waals surface area (Å²) >= 11 is 1.75. The van der Waals surface area contributed by atoms with Gasteiger partial charge in [-0.3, -0.25) is 9.67 Å². The molecule has 134 valence electrons. The van der Waals surface area contributed by atoms with Crippen LogP contribution in [0, 0.1) is 13.8 Å². The van der Waals surface area contributed by atoms with E-state index in [1.807, 2.05) is 17.9 Å². The first-order valence-electron chi connectivity index (χ1n) is 7.92. The van der Waals surface area contributed by atoms with Gasteiger partial charge in [0.15, 0.2) is 5.96 Å². The second-order valence-electron chi connectivity index (χ2n) is 5.45.